The predicted octanol–water partition coefficient (Wildman–Crippen LogP) is 5.03. The Morgan fingerprint density at radius 2 is 1.71 bits per heavy atom. The van der Waals surface area contributed by atoms with E-state index in [1.54, 1.807) is 25.8 Å². The van der Waals surface area contributed by atoms with Crippen molar-refractivity contribution in [2.75, 3.05) is 73.1 Å². The van der Waals surface area contributed by atoms with Crippen molar-refractivity contribution in [3.05, 3.63) is 71.0 Å². The number of para-hydroxylation sites is 1. The summed E-state index contributed by atoms with van der Waals surface area (Å²) in [7, 11) is 7.10. The van der Waals surface area contributed by atoms with Gasteiger partial charge in [-0.1, -0.05) is 18.2 Å². The molecule has 2 amide bonds. The second kappa shape index (κ2) is 15.7. The molecule has 1 aliphatic heterocycles. The van der Waals surface area contributed by atoms with Crippen LogP contribution in [-0.4, -0.2) is 111 Å². The molecule has 48 heavy (non-hydrogen) atoms. The van der Waals surface area contributed by atoms with E-state index < -0.39 is 41.5 Å². The molecule has 0 spiro atoms. The highest BCUT2D eigenvalue weighted by molar-refractivity contribution is 5.90. The third-order valence-corrected chi connectivity index (χ3v) is 8.86. The minimum atomic E-state index is -1.53. The molecule has 1 aromatic heterocycles. The maximum absolute atomic E-state index is 14.2. The summed E-state index contributed by atoms with van der Waals surface area (Å²) < 4.78 is 60.9. The average molecular weight is 678 g/mol. The number of amides is 2. The highest BCUT2D eigenvalue weighted by atomic mass is 19.2. The van der Waals surface area contributed by atoms with Crippen molar-refractivity contribution >= 4 is 11.8 Å². The number of methoxy groups -OCH3 is 2. The lowest BCUT2D eigenvalue weighted by Gasteiger charge is -2.41. The summed E-state index contributed by atoms with van der Waals surface area (Å²) in [6, 6.07) is 10.1. The zero-order valence-corrected chi connectivity index (χ0v) is 29.0. The van der Waals surface area contributed by atoms with E-state index in [1.807, 2.05) is 49.3 Å². The number of likely N-dealkylation sites (tertiary alicyclic amines) is 1. The fourth-order valence-electron chi connectivity index (χ4n) is 5.39. The third-order valence-electron chi connectivity index (χ3n) is 8.86. The van der Waals surface area contributed by atoms with Gasteiger partial charge in [-0.2, -0.15) is 9.48 Å². The largest absolute Gasteiger partial charge is 0.473 e. The van der Waals surface area contributed by atoms with E-state index in [9.17, 15) is 18.0 Å². The van der Waals surface area contributed by atoms with Crippen LogP contribution in [0.5, 0.6) is 5.88 Å². The molecule has 0 radical (unpaired) electrons. The minimum Gasteiger partial charge on any atom is -0.473 e. The fraction of sp³-hybridized carbons (Fsp3) is 0.529. The zero-order valence-electron chi connectivity index (χ0n) is 29.0. The number of hydroxylamine groups is 3. The first-order valence-corrected chi connectivity index (χ1v) is 15.9. The number of ether oxygens (including phenoxy) is 3. The van der Waals surface area contributed by atoms with Gasteiger partial charge in [0, 0.05) is 39.8 Å². The summed E-state index contributed by atoms with van der Waals surface area (Å²) in [6.07, 6.45) is -0.424. The lowest BCUT2D eigenvalue weighted by atomic mass is 9.94. The minimum absolute atomic E-state index is 0.135. The van der Waals surface area contributed by atoms with Crippen LogP contribution in [0, 0.1) is 24.4 Å². The Morgan fingerprint density at radius 3 is 2.31 bits per heavy atom. The van der Waals surface area contributed by atoms with Crippen LogP contribution in [-0.2, 0) is 14.3 Å². The number of benzene rings is 2. The topological polar surface area (TPSA) is 99.1 Å². The van der Waals surface area contributed by atoms with E-state index in [0.717, 1.165) is 12.1 Å². The number of nitrogens with one attached hydrogen (secondary N) is 2. The molecule has 1 saturated heterocycles. The first-order valence-electron chi connectivity index (χ1n) is 15.9. The lowest BCUT2D eigenvalue weighted by Crippen LogP contribution is -2.57. The molecule has 14 heteroatoms. The predicted molar refractivity (Wildman–Crippen MR) is 176 cm³/mol. The summed E-state index contributed by atoms with van der Waals surface area (Å²) in [5, 5.41) is 10.6. The van der Waals surface area contributed by atoms with Gasteiger partial charge in [-0.3, -0.25) is 10.2 Å². The Bertz CT molecular complexity index is 1510. The molecular weight excluding hydrogens is 629 g/mol. The first-order chi connectivity index (χ1) is 22.6. The molecule has 2 aromatic carbocycles. The Kier molecular flexibility index (Phi) is 12.1. The smallest absolute Gasteiger partial charge is 0.320 e. The van der Waals surface area contributed by atoms with Crippen molar-refractivity contribution in [3.63, 3.8) is 0 Å². The second-order valence-corrected chi connectivity index (χ2v) is 13.4. The number of urea groups is 1. The number of aromatic nitrogens is 2. The van der Waals surface area contributed by atoms with E-state index in [1.165, 1.54) is 0 Å². The number of quaternary nitrogens is 1. The van der Waals surface area contributed by atoms with Crippen LogP contribution in [0.15, 0.2) is 42.5 Å². The quantitative estimate of drug-likeness (QED) is 0.140. The second-order valence-electron chi connectivity index (χ2n) is 13.4. The molecular formula is C34H48F3N6O5+. The van der Waals surface area contributed by atoms with Gasteiger partial charge in [0.05, 0.1) is 44.6 Å². The van der Waals surface area contributed by atoms with Gasteiger partial charge < -0.3 is 19.5 Å². The number of carbonyl (C=O) groups excluding carboxylic acids is 1. The summed E-state index contributed by atoms with van der Waals surface area (Å²) >= 11 is 0. The molecule has 1 fully saturated rings. The van der Waals surface area contributed by atoms with E-state index in [2.05, 4.69) is 36.5 Å². The van der Waals surface area contributed by atoms with Crippen LogP contribution in [0.3, 0.4) is 0 Å². The van der Waals surface area contributed by atoms with Gasteiger partial charge in [0.25, 0.3) is 0 Å². The van der Waals surface area contributed by atoms with E-state index in [-0.39, 0.29) is 29.0 Å². The number of carbonyl (C=O) groups is 1. The Hall–Kier alpha value is -3.69. The molecule has 3 atom stereocenters. The molecule has 2 N–H and O–H groups in total. The molecule has 1 aliphatic rings. The van der Waals surface area contributed by atoms with Crippen LogP contribution in [0.2, 0.25) is 0 Å². The van der Waals surface area contributed by atoms with E-state index in [4.69, 9.17) is 19.0 Å². The molecule has 0 saturated carbocycles. The van der Waals surface area contributed by atoms with Gasteiger partial charge in [-0.25, -0.2) is 22.6 Å². The van der Waals surface area contributed by atoms with Gasteiger partial charge in [0.15, 0.2) is 23.6 Å². The van der Waals surface area contributed by atoms with Crippen molar-refractivity contribution < 1.29 is 41.7 Å². The van der Waals surface area contributed by atoms with Crippen molar-refractivity contribution in [3.8, 4) is 11.6 Å². The summed E-state index contributed by atoms with van der Waals surface area (Å²) in [4.78, 5) is 22.0. The normalized spacial score (nSPS) is 17.8. The summed E-state index contributed by atoms with van der Waals surface area (Å²) in [5.41, 5.74) is 1.29. The molecule has 0 bridgehead atoms. The maximum atomic E-state index is 14.2. The van der Waals surface area contributed by atoms with Gasteiger partial charge in [0.2, 0.25) is 5.88 Å². The van der Waals surface area contributed by atoms with Crippen LogP contribution in [0.25, 0.3) is 5.69 Å². The van der Waals surface area contributed by atoms with Crippen LogP contribution in [0.1, 0.15) is 37.8 Å². The van der Waals surface area contributed by atoms with Crippen molar-refractivity contribution in [2.24, 2.45) is 0 Å². The summed E-state index contributed by atoms with van der Waals surface area (Å²) in [6.45, 7) is 10.2. The highest BCUT2D eigenvalue weighted by Crippen LogP contribution is 2.32. The Labute approximate surface area is 280 Å². The standard InChI is InChI=1S/C34H47F3N6O5/c1-22-31(39-33(44)38-29-19-41(14-15-45-7)18-26(29)23-16-27(35)30(37)28(36)17-23)42(24-12-10-9-11-13-24)40-32(22)47-21-25(20-46-8)48-43(5,6)34(2,3)4/h9-13,16-17,25-26,29H,14-15,18-21H2,1-8H3,(H-,38,39,40,44)/p+1/t25-,26-,29+/m0/s1. The molecule has 4 rings (SSSR count). The zero-order chi connectivity index (χ0) is 35.2. The number of hydrogen-bond donors (Lipinski definition) is 2. The monoisotopic (exact) mass is 677 g/mol. The fourth-order valence-corrected chi connectivity index (χ4v) is 5.39. The number of hydrogen-bond acceptors (Lipinski definition) is 7. The first kappa shape index (κ1) is 37.1. The van der Waals surface area contributed by atoms with Crippen molar-refractivity contribution in [2.45, 2.75) is 51.3 Å². The average Bonchev–Trinajstić information content (AvgIpc) is 3.57. The highest BCUT2D eigenvalue weighted by Gasteiger charge is 2.38. The van der Waals surface area contributed by atoms with E-state index >= 15 is 0 Å². The molecule has 3 aromatic rings. The molecule has 0 unspecified atom stereocenters. The molecule has 0 aliphatic carbocycles. The van der Waals surface area contributed by atoms with Gasteiger partial charge in [-0.05, 0) is 57.5 Å². The Morgan fingerprint density at radius 1 is 1.04 bits per heavy atom. The number of anilines is 1. The van der Waals surface area contributed by atoms with Crippen LogP contribution < -0.4 is 15.4 Å². The number of nitrogens with zero attached hydrogens (tertiary/aromatic N) is 4. The molecule has 11 nitrogen and oxygen atoms in total. The Balaban J connectivity index is 1.57. The van der Waals surface area contributed by atoms with Gasteiger partial charge in [-0.15, -0.1) is 5.10 Å². The van der Waals surface area contributed by atoms with Crippen LogP contribution in [0.4, 0.5) is 23.8 Å². The molecule has 2 heterocycles. The number of rotatable bonds is 14. The maximum Gasteiger partial charge on any atom is 0.320 e. The van der Waals surface area contributed by atoms with Crippen LogP contribution >= 0.6 is 0 Å². The lowest BCUT2D eigenvalue weighted by molar-refractivity contribution is -1.11. The van der Waals surface area contributed by atoms with Crippen molar-refractivity contribution in [1.29, 1.82) is 0 Å². The SMILES string of the molecule is COCCN1C[C@@H](NC(=O)Nc2c(C)c(OC[C@H](COC)O[N+](C)(C)C(C)(C)C)nn2-c2ccccc2)[C@H](c2cc(F)c(F)c(F)c2)C1. The number of halogens is 3. The summed E-state index contributed by atoms with van der Waals surface area (Å²) in [5.74, 6) is -3.94. The molecule has 264 valence electrons. The van der Waals surface area contributed by atoms with E-state index in [0.29, 0.717) is 49.2 Å². The third kappa shape index (κ3) is 8.85. The van der Waals surface area contributed by atoms with Gasteiger partial charge in [0.1, 0.15) is 18.0 Å². The van der Waals surface area contributed by atoms with Crippen molar-refractivity contribution in [1.82, 2.24) is 20.0 Å². The van der Waals surface area contributed by atoms with Gasteiger partial charge >= 0.3 is 6.03 Å².